The van der Waals surface area contributed by atoms with Crippen molar-refractivity contribution in [3.63, 3.8) is 0 Å². The van der Waals surface area contributed by atoms with E-state index < -0.39 is 12.1 Å². The van der Waals surface area contributed by atoms with Crippen LogP contribution in [0.3, 0.4) is 0 Å². The first-order valence-corrected chi connectivity index (χ1v) is 4.39. The monoisotopic (exact) mass is 195 g/mol. The normalized spacial score (nSPS) is 16.5. The predicted molar refractivity (Wildman–Crippen MR) is 50.5 cm³/mol. The predicted octanol–water partition coefficient (Wildman–Crippen LogP) is 1.54. The molecule has 0 atom stereocenters. The van der Waals surface area contributed by atoms with E-state index in [1.165, 1.54) is 12.1 Å². The van der Waals surface area contributed by atoms with Crippen LogP contribution in [-0.4, -0.2) is 30.3 Å². The molecule has 1 aliphatic heterocycles. The molecule has 0 saturated carbocycles. The van der Waals surface area contributed by atoms with Crippen molar-refractivity contribution in [1.82, 2.24) is 0 Å². The first-order valence-electron chi connectivity index (χ1n) is 4.39. The molecule has 0 amide bonds. The van der Waals surface area contributed by atoms with Gasteiger partial charge in [-0.15, -0.1) is 0 Å². The van der Waals surface area contributed by atoms with Crippen LogP contribution < -0.4 is 4.90 Å². The van der Waals surface area contributed by atoms with E-state index in [1.54, 1.807) is 12.1 Å². The maximum Gasteiger partial charge on any atom is 0.335 e. The summed E-state index contributed by atoms with van der Waals surface area (Å²) in [4.78, 5) is 12.4. The highest BCUT2D eigenvalue weighted by Gasteiger charge is 2.26. The van der Waals surface area contributed by atoms with E-state index >= 15 is 0 Å². The zero-order valence-electron chi connectivity index (χ0n) is 7.48. The van der Waals surface area contributed by atoms with Gasteiger partial charge in [0.1, 0.15) is 6.17 Å². The second-order valence-corrected chi connectivity index (χ2v) is 3.35. The molecular weight excluding hydrogens is 185 g/mol. The maximum absolute atomic E-state index is 12.5. The zero-order chi connectivity index (χ0) is 10.1. The van der Waals surface area contributed by atoms with Crippen LogP contribution in [0.1, 0.15) is 10.4 Å². The Hall–Kier alpha value is -1.58. The topological polar surface area (TPSA) is 40.5 Å². The fourth-order valence-electron chi connectivity index (χ4n) is 1.45. The molecule has 1 heterocycles. The maximum atomic E-state index is 12.5. The molecule has 1 N–H and O–H groups in total. The summed E-state index contributed by atoms with van der Waals surface area (Å²) in [6.45, 7) is 0.818. The van der Waals surface area contributed by atoms with Gasteiger partial charge in [0, 0.05) is 5.69 Å². The number of carbonyl (C=O) groups is 1. The SMILES string of the molecule is O=C(O)c1ccc(N2CC(F)C2)cc1. The average Bonchev–Trinajstić information content (AvgIpc) is 2.13. The largest absolute Gasteiger partial charge is 0.478 e. The third-order valence-corrected chi connectivity index (χ3v) is 2.32. The highest BCUT2D eigenvalue weighted by atomic mass is 19.1. The number of rotatable bonds is 2. The number of hydrogen-bond donors (Lipinski definition) is 1. The van der Waals surface area contributed by atoms with E-state index in [4.69, 9.17) is 5.11 Å². The van der Waals surface area contributed by atoms with Gasteiger partial charge in [0.2, 0.25) is 0 Å². The van der Waals surface area contributed by atoms with Gasteiger partial charge in [0.25, 0.3) is 0 Å². The third kappa shape index (κ3) is 1.55. The molecule has 0 bridgehead atoms. The zero-order valence-corrected chi connectivity index (χ0v) is 7.48. The minimum atomic E-state index is -0.941. The average molecular weight is 195 g/mol. The van der Waals surface area contributed by atoms with E-state index in [1.807, 2.05) is 4.90 Å². The van der Waals surface area contributed by atoms with Crippen molar-refractivity contribution in [2.45, 2.75) is 6.17 Å². The summed E-state index contributed by atoms with van der Waals surface area (Å²) in [5, 5.41) is 8.65. The number of carboxylic acids is 1. The number of aromatic carboxylic acids is 1. The van der Waals surface area contributed by atoms with Crippen molar-refractivity contribution in [3.05, 3.63) is 29.8 Å². The molecule has 0 aromatic heterocycles. The van der Waals surface area contributed by atoms with Gasteiger partial charge in [-0.3, -0.25) is 0 Å². The van der Waals surface area contributed by atoms with Crippen molar-refractivity contribution in [2.75, 3.05) is 18.0 Å². The lowest BCUT2D eigenvalue weighted by molar-refractivity contribution is 0.0697. The standard InChI is InChI=1S/C10H10FNO2/c11-8-5-12(6-8)9-3-1-7(2-4-9)10(13)14/h1-4,8H,5-6H2,(H,13,14). The highest BCUT2D eigenvalue weighted by molar-refractivity contribution is 5.88. The van der Waals surface area contributed by atoms with Gasteiger partial charge in [0.05, 0.1) is 18.7 Å². The summed E-state index contributed by atoms with van der Waals surface area (Å²) < 4.78 is 12.5. The molecule has 1 aliphatic rings. The van der Waals surface area contributed by atoms with Gasteiger partial charge < -0.3 is 10.0 Å². The van der Waals surface area contributed by atoms with Gasteiger partial charge in [-0.1, -0.05) is 0 Å². The van der Waals surface area contributed by atoms with Crippen LogP contribution in [0.2, 0.25) is 0 Å². The lowest BCUT2D eigenvalue weighted by Gasteiger charge is -2.36. The minimum absolute atomic E-state index is 0.256. The second kappa shape index (κ2) is 3.29. The van der Waals surface area contributed by atoms with Crippen molar-refractivity contribution in [2.24, 2.45) is 0 Å². The molecule has 1 saturated heterocycles. The fourth-order valence-corrected chi connectivity index (χ4v) is 1.45. The Morgan fingerprint density at radius 2 is 1.93 bits per heavy atom. The lowest BCUT2D eigenvalue weighted by Crippen LogP contribution is -2.48. The molecule has 14 heavy (non-hydrogen) atoms. The molecule has 1 aromatic carbocycles. The van der Waals surface area contributed by atoms with Gasteiger partial charge in [-0.2, -0.15) is 0 Å². The molecule has 0 unspecified atom stereocenters. The number of alkyl halides is 1. The number of nitrogens with zero attached hydrogens (tertiary/aromatic N) is 1. The first-order chi connectivity index (χ1) is 6.66. The Labute approximate surface area is 80.8 Å². The minimum Gasteiger partial charge on any atom is -0.478 e. The van der Waals surface area contributed by atoms with E-state index in [9.17, 15) is 9.18 Å². The van der Waals surface area contributed by atoms with E-state index in [0.29, 0.717) is 13.1 Å². The molecule has 2 rings (SSSR count). The Morgan fingerprint density at radius 3 is 2.36 bits per heavy atom. The Morgan fingerprint density at radius 1 is 1.36 bits per heavy atom. The molecule has 0 radical (unpaired) electrons. The smallest absolute Gasteiger partial charge is 0.335 e. The third-order valence-electron chi connectivity index (χ3n) is 2.32. The molecular formula is C10H10FNO2. The Bertz CT molecular complexity index is 344. The van der Waals surface area contributed by atoms with E-state index in [0.717, 1.165) is 5.69 Å². The van der Waals surface area contributed by atoms with Crippen molar-refractivity contribution in [3.8, 4) is 0 Å². The van der Waals surface area contributed by atoms with Crippen molar-refractivity contribution >= 4 is 11.7 Å². The summed E-state index contributed by atoms with van der Waals surface area (Å²) in [7, 11) is 0. The molecule has 3 nitrogen and oxygen atoms in total. The first kappa shape index (κ1) is 8.99. The molecule has 0 spiro atoms. The summed E-state index contributed by atoms with van der Waals surface area (Å²) in [6, 6.07) is 6.47. The molecule has 1 fully saturated rings. The second-order valence-electron chi connectivity index (χ2n) is 3.35. The van der Waals surface area contributed by atoms with Gasteiger partial charge in [0.15, 0.2) is 0 Å². The Kier molecular flexibility index (Phi) is 2.11. The van der Waals surface area contributed by atoms with Crippen LogP contribution in [0.25, 0.3) is 0 Å². The van der Waals surface area contributed by atoms with Gasteiger partial charge in [-0.05, 0) is 24.3 Å². The molecule has 4 heteroatoms. The summed E-state index contributed by atoms with van der Waals surface area (Å²) in [6.07, 6.45) is -0.742. The number of anilines is 1. The van der Waals surface area contributed by atoms with Crippen LogP contribution >= 0.6 is 0 Å². The van der Waals surface area contributed by atoms with Crippen molar-refractivity contribution < 1.29 is 14.3 Å². The summed E-state index contributed by atoms with van der Waals surface area (Å²) >= 11 is 0. The van der Waals surface area contributed by atoms with E-state index in [2.05, 4.69) is 0 Å². The summed E-state index contributed by atoms with van der Waals surface area (Å²) in [5.74, 6) is -0.941. The van der Waals surface area contributed by atoms with Gasteiger partial charge >= 0.3 is 5.97 Å². The van der Waals surface area contributed by atoms with Crippen LogP contribution in [0.5, 0.6) is 0 Å². The number of halogens is 1. The molecule has 0 aliphatic carbocycles. The number of benzene rings is 1. The summed E-state index contributed by atoms with van der Waals surface area (Å²) in [5.41, 5.74) is 1.13. The van der Waals surface area contributed by atoms with Crippen LogP contribution in [0, 0.1) is 0 Å². The van der Waals surface area contributed by atoms with Gasteiger partial charge in [-0.25, -0.2) is 9.18 Å². The number of carboxylic acid groups (broad SMARTS) is 1. The van der Waals surface area contributed by atoms with Crippen LogP contribution in [0.4, 0.5) is 10.1 Å². The Balaban J connectivity index is 2.10. The quantitative estimate of drug-likeness (QED) is 0.778. The number of hydrogen-bond acceptors (Lipinski definition) is 2. The van der Waals surface area contributed by atoms with Crippen molar-refractivity contribution in [1.29, 1.82) is 0 Å². The van der Waals surface area contributed by atoms with Crippen LogP contribution in [0.15, 0.2) is 24.3 Å². The fraction of sp³-hybridized carbons (Fsp3) is 0.300. The van der Waals surface area contributed by atoms with E-state index in [-0.39, 0.29) is 5.56 Å². The molecule has 74 valence electrons. The van der Waals surface area contributed by atoms with Crippen LogP contribution in [-0.2, 0) is 0 Å². The highest BCUT2D eigenvalue weighted by Crippen LogP contribution is 2.22. The lowest BCUT2D eigenvalue weighted by atomic mass is 10.1. The molecule has 1 aromatic rings.